The molecule has 0 radical (unpaired) electrons. The molecule has 25 heavy (non-hydrogen) atoms. The van der Waals surface area contributed by atoms with E-state index in [9.17, 15) is 4.79 Å². The van der Waals surface area contributed by atoms with Crippen molar-refractivity contribution in [2.45, 2.75) is 46.1 Å². The second-order valence-electron chi connectivity index (χ2n) is 6.42. The smallest absolute Gasteiger partial charge is 0.249 e. The maximum Gasteiger partial charge on any atom is 0.249 e. The van der Waals surface area contributed by atoms with Gasteiger partial charge in [0.15, 0.2) is 0 Å². The van der Waals surface area contributed by atoms with Gasteiger partial charge in [-0.1, -0.05) is 0 Å². The highest BCUT2D eigenvalue weighted by molar-refractivity contribution is 7.15. The van der Waals surface area contributed by atoms with Crippen LogP contribution in [0, 0.1) is 20.8 Å². The van der Waals surface area contributed by atoms with Crippen molar-refractivity contribution in [2.24, 2.45) is 0 Å². The second kappa shape index (κ2) is 7.58. The Kier molecular flexibility index (Phi) is 5.44. The van der Waals surface area contributed by atoms with Crippen LogP contribution in [0.4, 0.5) is 0 Å². The lowest BCUT2D eigenvalue weighted by Gasteiger charge is -2.35. The van der Waals surface area contributed by atoms with E-state index in [1.807, 2.05) is 24.8 Å². The van der Waals surface area contributed by atoms with Crippen molar-refractivity contribution in [3.63, 3.8) is 0 Å². The number of amides is 1. The van der Waals surface area contributed by atoms with Crippen molar-refractivity contribution < 1.29 is 9.53 Å². The van der Waals surface area contributed by atoms with Crippen molar-refractivity contribution >= 4 is 17.2 Å². The van der Waals surface area contributed by atoms with Crippen molar-refractivity contribution in [3.8, 4) is 10.7 Å². The fourth-order valence-corrected chi connectivity index (χ4v) is 4.07. The van der Waals surface area contributed by atoms with Gasteiger partial charge in [0.1, 0.15) is 23.1 Å². The summed E-state index contributed by atoms with van der Waals surface area (Å²) in [6.45, 7) is 6.83. The van der Waals surface area contributed by atoms with Crippen LogP contribution in [0.1, 0.15) is 47.4 Å². The number of aryl methyl sites for hydroxylation is 3. The largest absolute Gasteiger partial charge is 0.375 e. The maximum absolute atomic E-state index is 12.4. The molecule has 0 spiro atoms. The summed E-state index contributed by atoms with van der Waals surface area (Å²) in [6, 6.07) is 1.98. The number of likely N-dealkylation sites (tertiary alicyclic amines) is 1. The number of rotatable bonds is 4. The minimum Gasteiger partial charge on any atom is -0.375 e. The van der Waals surface area contributed by atoms with Crippen molar-refractivity contribution in [1.29, 1.82) is 0 Å². The van der Waals surface area contributed by atoms with E-state index in [0.717, 1.165) is 47.9 Å². The van der Waals surface area contributed by atoms with Crippen LogP contribution in [-0.2, 0) is 9.53 Å². The van der Waals surface area contributed by atoms with E-state index in [-0.39, 0.29) is 18.6 Å². The standard InChI is InChI=1S/C18H24N4O2S/c1-11-12(2)25-18(19-11)15-9-14(20-13(3)21-15)16-7-5-6-8-22(16)17(23)10-24-4/h9,16H,5-8,10H2,1-4H3/t16-/m0/s1. The Morgan fingerprint density at radius 1 is 1.28 bits per heavy atom. The third kappa shape index (κ3) is 3.88. The van der Waals surface area contributed by atoms with Gasteiger partial charge in [-0.25, -0.2) is 15.0 Å². The van der Waals surface area contributed by atoms with Gasteiger partial charge in [-0.15, -0.1) is 11.3 Å². The van der Waals surface area contributed by atoms with Crippen LogP contribution in [0.15, 0.2) is 6.07 Å². The number of piperidine rings is 1. The van der Waals surface area contributed by atoms with Crippen LogP contribution < -0.4 is 0 Å². The summed E-state index contributed by atoms with van der Waals surface area (Å²) in [6.07, 6.45) is 3.03. The lowest BCUT2D eigenvalue weighted by atomic mass is 9.98. The van der Waals surface area contributed by atoms with Gasteiger partial charge in [-0.2, -0.15) is 0 Å². The van der Waals surface area contributed by atoms with Gasteiger partial charge in [0.2, 0.25) is 5.91 Å². The molecule has 0 N–H and O–H groups in total. The number of ether oxygens (including phenoxy) is 1. The number of aromatic nitrogens is 3. The molecule has 7 heteroatoms. The Morgan fingerprint density at radius 3 is 2.76 bits per heavy atom. The molecule has 0 saturated carbocycles. The Balaban J connectivity index is 1.96. The highest BCUT2D eigenvalue weighted by Gasteiger charge is 2.29. The number of hydrogen-bond donors (Lipinski definition) is 0. The lowest BCUT2D eigenvalue weighted by Crippen LogP contribution is -2.40. The normalized spacial score (nSPS) is 17.8. The first kappa shape index (κ1) is 17.9. The summed E-state index contributed by atoms with van der Waals surface area (Å²) in [7, 11) is 1.55. The van der Waals surface area contributed by atoms with E-state index in [0.29, 0.717) is 5.82 Å². The van der Waals surface area contributed by atoms with Gasteiger partial charge in [-0.3, -0.25) is 4.79 Å². The molecule has 2 aromatic heterocycles. The topological polar surface area (TPSA) is 68.2 Å². The average Bonchev–Trinajstić information content (AvgIpc) is 2.94. The minimum absolute atomic E-state index is 0.0148. The Morgan fingerprint density at radius 2 is 2.08 bits per heavy atom. The van der Waals surface area contributed by atoms with Gasteiger partial charge in [0.05, 0.1) is 17.4 Å². The van der Waals surface area contributed by atoms with Crippen LogP contribution in [0.3, 0.4) is 0 Å². The molecule has 1 fully saturated rings. The fourth-order valence-electron chi connectivity index (χ4n) is 3.20. The molecule has 3 heterocycles. The van der Waals surface area contributed by atoms with E-state index < -0.39 is 0 Å². The summed E-state index contributed by atoms with van der Waals surface area (Å²) in [5.41, 5.74) is 2.78. The van der Waals surface area contributed by atoms with Gasteiger partial charge in [-0.05, 0) is 46.1 Å². The van der Waals surface area contributed by atoms with Crippen LogP contribution in [-0.4, -0.2) is 46.0 Å². The third-order valence-electron chi connectivity index (χ3n) is 4.54. The highest BCUT2D eigenvalue weighted by atomic mass is 32.1. The zero-order chi connectivity index (χ0) is 18.0. The van der Waals surface area contributed by atoms with E-state index in [4.69, 9.17) is 4.74 Å². The molecular formula is C18H24N4O2S. The SMILES string of the molecule is COCC(=O)N1CCCC[C@H]1c1cc(-c2nc(C)c(C)s2)nc(C)n1. The van der Waals surface area contributed by atoms with Crippen molar-refractivity contribution in [3.05, 3.63) is 28.2 Å². The Bertz CT molecular complexity index is 755. The van der Waals surface area contributed by atoms with Crippen LogP contribution in [0.25, 0.3) is 10.7 Å². The van der Waals surface area contributed by atoms with E-state index in [2.05, 4.69) is 21.9 Å². The Hall–Kier alpha value is -1.86. The first-order valence-electron chi connectivity index (χ1n) is 8.58. The van der Waals surface area contributed by atoms with E-state index in [1.165, 1.54) is 4.88 Å². The summed E-state index contributed by atoms with van der Waals surface area (Å²) in [5.74, 6) is 0.730. The van der Waals surface area contributed by atoms with Gasteiger partial charge in [0, 0.05) is 18.5 Å². The predicted octanol–water partition coefficient (Wildman–Crippen LogP) is 3.23. The summed E-state index contributed by atoms with van der Waals surface area (Å²) in [5, 5.41) is 0.910. The van der Waals surface area contributed by atoms with Crippen LogP contribution in [0.5, 0.6) is 0 Å². The van der Waals surface area contributed by atoms with Gasteiger partial charge in [0.25, 0.3) is 0 Å². The average molecular weight is 360 g/mol. The number of hydrogen-bond acceptors (Lipinski definition) is 6. The van der Waals surface area contributed by atoms with Crippen molar-refractivity contribution in [1.82, 2.24) is 19.9 Å². The van der Waals surface area contributed by atoms with Crippen LogP contribution in [0.2, 0.25) is 0 Å². The lowest BCUT2D eigenvalue weighted by molar-refractivity contribution is -0.139. The molecule has 0 aromatic carbocycles. The van der Waals surface area contributed by atoms with Gasteiger partial charge < -0.3 is 9.64 Å². The molecule has 0 unspecified atom stereocenters. The molecule has 1 amide bonds. The molecular weight excluding hydrogens is 336 g/mol. The molecule has 3 rings (SSSR count). The quantitative estimate of drug-likeness (QED) is 0.837. The summed E-state index contributed by atoms with van der Waals surface area (Å²) in [4.78, 5) is 29.3. The molecule has 1 aliphatic rings. The molecule has 1 aliphatic heterocycles. The number of carbonyl (C=O) groups is 1. The third-order valence-corrected chi connectivity index (χ3v) is 5.63. The maximum atomic E-state index is 12.4. The summed E-state index contributed by atoms with van der Waals surface area (Å²) >= 11 is 1.64. The molecule has 1 atom stereocenters. The predicted molar refractivity (Wildman–Crippen MR) is 97.5 cm³/mol. The zero-order valence-electron chi connectivity index (χ0n) is 15.2. The monoisotopic (exact) mass is 360 g/mol. The zero-order valence-corrected chi connectivity index (χ0v) is 16.0. The highest BCUT2D eigenvalue weighted by Crippen LogP contribution is 2.33. The molecule has 0 aliphatic carbocycles. The molecule has 134 valence electrons. The second-order valence-corrected chi connectivity index (χ2v) is 7.62. The molecule has 6 nitrogen and oxygen atoms in total. The summed E-state index contributed by atoms with van der Waals surface area (Å²) < 4.78 is 5.04. The van der Waals surface area contributed by atoms with Crippen molar-refractivity contribution in [2.75, 3.05) is 20.3 Å². The first-order valence-corrected chi connectivity index (χ1v) is 9.39. The molecule has 0 bridgehead atoms. The first-order chi connectivity index (χ1) is 12.0. The molecule has 1 saturated heterocycles. The fraction of sp³-hybridized carbons (Fsp3) is 0.556. The number of thiazole rings is 1. The number of methoxy groups -OCH3 is 1. The minimum atomic E-state index is -0.0148. The molecule has 2 aromatic rings. The number of nitrogens with zero attached hydrogens (tertiary/aromatic N) is 4. The van der Waals surface area contributed by atoms with Crippen LogP contribution >= 0.6 is 11.3 Å². The van der Waals surface area contributed by atoms with E-state index in [1.54, 1.807) is 18.4 Å². The van der Waals surface area contributed by atoms with Gasteiger partial charge >= 0.3 is 0 Å². The number of carbonyl (C=O) groups excluding carboxylic acids is 1. The Labute approximate surface area is 152 Å². The van der Waals surface area contributed by atoms with E-state index >= 15 is 0 Å².